The largest absolute Gasteiger partial charge is 0.504 e. The molecular formula is C9H11NO3S. The lowest BCUT2D eigenvalue weighted by molar-refractivity contribution is 0.373. The predicted octanol–water partition coefficient (Wildman–Crippen LogP) is 0.994. The second-order valence-corrected chi connectivity index (χ2v) is 3.49. The maximum atomic E-state index is 10.6. The Labute approximate surface area is 84.6 Å². The molecule has 0 radical (unpaired) electrons. The summed E-state index contributed by atoms with van der Waals surface area (Å²) < 4.78 is 15.5. The van der Waals surface area contributed by atoms with Crippen molar-refractivity contribution in [3.05, 3.63) is 29.2 Å². The zero-order valence-corrected chi connectivity index (χ0v) is 8.45. The average molecular weight is 213 g/mol. The van der Waals surface area contributed by atoms with Gasteiger partial charge in [-0.15, -0.1) is 0 Å². The fourth-order valence-electron chi connectivity index (χ4n) is 0.944. The van der Waals surface area contributed by atoms with E-state index >= 15 is 0 Å². The van der Waals surface area contributed by atoms with Crippen LogP contribution in [0.25, 0.3) is 6.08 Å². The Kier molecular flexibility index (Phi) is 3.67. The highest BCUT2D eigenvalue weighted by molar-refractivity contribution is 7.85. The number of phenolic OH excluding ortho intramolecular Hbond substituents is 1. The molecule has 0 bridgehead atoms. The highest BCUT2D eigenvalue weighted by Gasteiger charge is 1.99. The molecule has 0 heterocycles. The van der Waals surface area contributed by atoms with Crippen LogP contribution in [-0.4, -0.2) is 16.4 Å². The number of rotatable bonds is 3. The Hall–Kier alpha value is -1.33. The normalized spacial score (nSPS) is 13.0. The minimum atomic E-state index is -1.46. The third kappa shape index (κ3) is 2.86. The molecule has 1 aromatic carbocycles. The summed E-state index contributed by atoms with van der Waals surface area (Å²) in [6.45, 7) is 0. The van der Waals surface area contributed by atoms with E-state index in [4.69, 9.17) is 9.88 Å². The van der Waals surface area contributed by atoms with Crippen LogP contribution in [0.15, 0.2) is 23.6 Å². The first-order valence-corrected chi connectivity index (χ1v) is 5.11. The van der Waals surface area contributed by atoms with Crippen LogP contribution in [0.4, 0.5) is 0 Å². The second-order valence-electron chi connectivity index (χ2n) is 2.56. The van der Waals surface area contributed by atoms with Crippen molar-refractivity contribution >= 4 is 17.1 Å². The van der Waals surface area contributed by atoms with Crippen molar-refractivity contribution in [1.29, 1.82) is 0 Å². The first-order valence-electron chi connectivity index (χ1n) is 3.83. The molecule has 3 N–H and O–H groups in total. The first-order chi connectivity index (χ1) is 6.63. The summed E-state index contributed by atoms with van der Waals surface area (Å²) in [5.41, 5.74) is 0.762. The van der Waals surface area contributed by atoms with Crippen molar-refractivity contribution < 1.29 is 14.1 Å². The number of ether oxygens (including phenoxy) is 1. The van der Waals surface area contributed by atoms with Gasteiger partial charge < -0.3 is 9.84 Å². The summed E-state index contributed by atoms with van der Waals surface area (Å²) in [6.07, 6.45) is 1.60. The summed E-state index contributed by atoms with van der Waals surface area (Å²) in [6, 6.07) is 4.79. The summed E-state index contributed by atoms with van der Waals surface area (Å²) in [5.74, 6) is 0.438. The number of hydrogen-bond acceptors (Lipinski definition) is 3. The van der Waals surface area contributed by atoms with Gasteiger partial charge in [-0.25, -0.2) is 9.35 Å². The molecule has 0 spiro atoms. The molecule has 5 heteroatoms. The van der Waals surface area contributed by atoms with E-state index in [1.54, 1.807) is 18.2 Å². The second kappa shape index (κ2) is 4.78. The van der Waals surface area contributed by atoms with Gasteiger partial charge in [0.05, 0.1) is 7.11 Å². The fourth-order valence-corrected chi connectivity index (χ4v) is 1.23. The Bertz CT molecular complexity index is 376. The molecule has 0 aromatic heterocycles. The van der Waals surface area contributed by atoms with Crippen LogP contribution in [-0.2, 0) is 11.0 Å². The van der Waals surface area contributed by atoms with Gasteiger partial charge in [0.25, 0.3) is 0 Å². The average Bonchev–Trinajstić information content (AvgIpc) is 2.16. The highest BCUT2D eigenvalue weighted by Crippen LogP contribution is 2.26. The van der Waals surface area contributed by atoms with Crippen LogP contribution in [0, 0.1) is 0 Å². The zero-order valence-electron chi connectivity index (χ0n) is 7.64. The van der Waals surface area contributed by atoms with E-state index in [9.17, 15) is 9.32 Å². The van der Waals surface area contributed by atoms with Crippen molar-refractivity contribution in [2.75, 3.05) is 7.11 Å². The topological polar surface area (TPSA) is 72.5 Å². The summed E-state index contributed by atoms with van der Waals surface area (Å²) >= 11 is 0. The SMILES string of the molecule is COc1cc(/C=C/S(N)=O)ccc1O. The van der Waals surface area contributed by atoms with Crippen LogP contribution in [0.2, 0.25) is 0 Å². The Morgan fingerprint density at radius 2 is 2.29 bits per heavy atom. The number of aromatic hydroxyl groups is 1. The summed E-state index contributed by atoms with van der Waals surface area (Å²) in [4.78, 5) is 0. The predicted molar refractivity (Wildman–Crippen MR) is 56.0 cm³/mol. The monoisotopic (exact) mass is 213 g/mol. The van der Waals surface area contributed by atoms with Crippen molar-refractivity contribution in [3.8, 4) is 11.5 Å². The minimum Gasteiger partial charge on any atom is -0.504 e. The van der Waals surface area contributed by atoms with Gasteiger partial charge in [-0.2, -0.15) is 0 Å². The van der Waals surface area contributed by atoms with Crippen molar-refractivity contribution in [2.45, 2.75) is 0 Å². The molecule has 1 rings (SSSR count). The van der Waals surface area contributed by atoms with E-state index in [2.05, 4.69) is 0 Å². The van der Waals surface area contributed by atoms with Gasteiger partial charge >= 0.3 is 0 Å². The van der Waals surface area contributed by atoms with Gasteiger partial charge in [-0.1, -0.05) is 6.07 Å². The number of nitrogens with two attached hydrogens (primary N) is 1. The van der Waals surface area contributed by atoms with Crippen LogP contribution < -0.4 is 9.88 Å². The Morgan fingerprint density at radius 3 is 2.86 bits per heavy atom. The van der Waals surface area contributed by atoms with Gasteiger partial charge in [0.15, 0.2) is 11.5 Å². The molecule has 1 unspecified atom stereocenters. The quantitative estimate of drug-likeness (QED) is 0.786. The maximum Gasteiger partial charge on any atom is 0.161 e. The molecule has 0 saturated heterocycles. The van der Waals surface area contributed by atoms with Gasteiger partial charge in [-0.3, -0.25) is 0 Å². The number of benzene rings is 1. The van der Waals surface area contributed by atoms with E-state index in [0.717, 1.165) is 5.56 Å². The molecule has 76 valence electrons. The molecule has 0 amide bonds. The molecule has 14 heavy (non-hydrogen) atoms. The molecule has 0 aliphatic heterocycles. The molecule has 0 fully saturated rings. The summed E-state index contributed by atoms with van der Waals surface area (Å²) in [7, 11) is -0.00191. The molecule has 0 aliphatic carbocycles. The lowest BCUT2D eigenvalue weighted by Gasteiger charge is -2.03. The van der Waals surface area contributed by atoms with E-state index in [0.29, 0.717) is 5.75 Å². The van der Waals surface area contributed by atoms with Crippen molar-refractivity contribution in [2.24, 2.45) is 5.14 Å². The third-order valence-electron chi connectivity index (χ3n) is 1.60. The van der Waals surface area contributed by atoms with Crippen LogP contribution in [0.3, 0.4) is 0 Å². The third-order valence-corrected chi connectivity index (χ3v) is 2.00. The Morgan fingerprint density at radius 1 is 1.57 bits per heavy atom. The first kappa shape index (κ1) is 10.7. The molecular weight excluding hydrogens is 202 g/mol. The number of hydrogen-bond donors (Lipinski definition) is 2. The van der Waals surface area contributed by atoms with Crippen LogP contribution in [0.1, 0.15) is 5.56 Å². The van der Waals surface area contributed by atoms with E-state index in [1.165, 1.54) is 18.6 Å². The van der Waals surface area contributed by atoms with Gasteiger partial charge in [0.2, 0.25) is 0 Å². The van der Waals surface area contributed by atoms with Crippen LogP contribution >= 0.6 is 0 Å². The lowest BCUT2D eigenvalue weighted by Crippen LogP contribution is -1.95. The molecule has 1 aromatic rings. The van der Waals surface area contributed by atoms with Gasteiger partial charge in [0.1, 0.15) is 11.0 Å². The smallest absolute Gasteiger partial charge is 0.161 e. The van der Waals surface area contributed by atoms with E-state index < -0.39 is 11.0 Å². The highest BCUT2D eigenvalue weighted by atomic mass is 32.2. The van der Waals surface area contributed by atoms with Crippen molar-refractivity contribution in [1.82, 2.24) is 0 Å². The van der Waals surface area contributed by atoms with E-state index in [-0.39, 0.29) is 5.75 Å². The zero-order chi connectivity index (χ0) is 10.6. The standard InChI is InChI=1S/C9H11NO3S/c1-13-9-6-7(2-3-8(9)11)4-5-14(10)12/h2-6,11H,10H2,1H3/b5-4+. The summed E-state index contributed by atoms with van der Waals surface area (Å²) in [5, 5.41) is 15.7. The maximum absolute atomic E-state index is 10.6. The van der Waals surface area contributed by atoms with Crippen LogP contribution in [0.5, 0.6) is 11.5 Å². The molecule has 1 atom stereocenters. The van der Waals surface area contributed by atoms with Gasteiger partial charge in [0, 0.05) is 5.41 Å². The number of phenols is 1. The number of methoxy groups -OCH3 is 1. The molecule has 0 aliphatic rings. The Balaban J connectivity index is 2.95. The molecule has 4 nitrogen and oxygen atoms in total. The van der Waals surface area contributed by atoms with E-state index in [1.807, 2.05) is 0 Å². The van der Waals surface area contributed by atoms with Crippen molar-refractivity contribution in [3.63, 3.8) is 0 Å². The minimum absolute atomic E-state index is 0.0681. The molecule has 0 saturated carbocycles. The van der Waals surface area contributed by atoms with Gasteiger partial charge in [-0.05, 0) is 23.8 Å². The lowest BCUT2D eigenvalue weighted by atomic mass is 10.2. The fraction of sp³-hybridized carbons (Fsp3) is 0.111.